The summed E-state index contributed by atoms with van der Waals surface area (Å²) >= 11 is 0. The summed E-state index contributed by atoms with van der Waals surface area (Å²) in [7, 11) is -3.35. The van der Waals surface area contributed by atoms with Gasteiger partial charge in [0.2, 0.25) is 15.9 Å². The summed E-state index contributed by atoms with van der Waals surface area (Å²) in [5.41, 5.74) is 1.84. The molecule has 32 heavy (non-hydrogen) atoms. The molecule has 0 aliphatic carbocycles. The van der Waals surface area contributed by atoms with E-state index < -0.39 is 16.0 Å². The molecule has 2 aromatic carbocycles. The first kappa shape index (κ1) is 23.9. The van der Waals surface area contributed by atoms with Gasteiger partial charge < -0.3 is 10.1 Å². The number of sulfonamides is 1. The van der Waals surface area contributed by atoms with Gasteiger partial charge in [0.15, 0.2) is 0 Å². The van der Waals surface area contributed by atoms with Crippen LogP contribution in [0.3, 0.4) is 0 Å². The Hall–Kier alpha value is -2.71. The number of hydrogen-bond donors (Lipinski definition) is 1. The molecule has 7 nitrogen and oxygen atoms in total. The molecule has 0 radical (unpaired) electrons. The molecule has 2 aromatic rings. The van der Waals surface area contributed by atoms with E-state index in [0.717, 1.165) is 12.0 Å². The maximum Gasteiger partial charge on any atom is 0.340 e. The Balaban J connectivity index is 1.51. The first-order valence-electron chi connectivity index (χ1n) is 11.0. The number of nitrogens with zero attached hydrogens (tertiary/aromatic N) is 1. The molecule has 3 rings (SSSR count). The zero-order chi connectivity index (χ0) is 23.0. The van der Waals surface area contributed by atoms with Gasteiger partial charge in [0, 0.05) is 19.0 Å². The third-order valence-corrected chi connectivity index (χ3v) is 7.57. The number of amides is 1. The fourth-order valence-corrected chi connectivity index (χ4v) is 5.38. The predicted octanol–water partition coefficient (Wildman–Crippen LogP) is 3.48. The molecule has 1 heterocycles. The molecule has 172 valence electrons. The number of carbonyl (C=O) groups is 2. The molecule has 1 aliphatic heterocycles. The summed E-state index contributed by atoms with van der Waals surface area (Å²) in [6.45, 7) is 2.62. The number of anilines is 1. The fourth-order valence-electron chi connectivity index (χ4n) is 3.84. The molecule has 0 saturated carbocycles. The van der Waals surface area contributed by atoms with E-state index in [1.807, 2.05) is 30.3 Å². The minimum atomic E-state index is -3.35. The molecule has 1 aliphatic rings. The minimum absolute atomic E-state index is 0.103. The summed E-state index contributed by atoms with van der Waals surface area (Å²) in [6, 6.07) is 16.6. The minimum Gasteiger partial charge on any atom is -0.462 e. The van der Waals surface area contributed by atoms with Crippen LogP contribution in [0, 0.1) is 5.92 Å². The monoisotopic (exact) mass is 458 g/mol. The molecular formula is C24H30N2O5S. The standard InChI is InChI=1S/C24H30N2O5S/c1-2-31-24(28)21-12-6-7-13-22(21)25-23(27)20-14-16-26(17-15-20)32(29,30)18-8-11-19-9-4-3-5-10-19/h3-7,9-10,12-13,20H,2,8,11,14-18H2,1H3,(H,25,27). The molecular weight excluding hydrogens is 428 g/mol. The van der Waals surface area contributed by atoms with Crippen LogP contribution in [0.25, 0.3) is 0 Å². The fraction of sp³-hybridized carbons (Fsp3) is 0.417. The van der Waals surface area contributed by atoms with E-state index in [2.05, 4.69) is 5.32 Å². The first-order chi connectivity index (χ1) is 15.4. The van der Waals surface area contributed by atoms with Crippen molar-refractivity contribution < 1.29 is 22.7 Å². The van der Waals surface area contributed by atoms with Crippen molar-refractivity contribution in [1.29, 1.82) is 0 Å². The Labute approximate surface area is 189 Å². The lowest BCUT2D eigenvalue weighted by Gasteiger charge is -2.30. The zero-order valence-electron chi connectivity index (χ0n) is 18.3. The molecule has 1 fully saturated rings. The summed E-state index contributed by atoms with van der Waals surface area (Å²) in [5, 5.41) is 2.82. The van der Waals surface area contributed by atoms with Gasteiger partial charge in [-0.2, -0.15) is 0 Å². The van der Waals surface area contributed by atoms with E-state index in [4.69, 9.17) is 4.74 Å². The molecule has 1 amide bonds. The van der Waals surface area contributed by atoms with Crippen molar-refractivity contribution >= 4 is 27.6 Å². The van der Waals surface area contributed by atoms with Crippen molar-refractivity contribution in [1.82, 2.24) is 4.31 Å². The topological polar surface area (TPSA) is 92.8 Å². The van der Waals surface area contributed by atoms with E-state index >= 15 is 0 Å². The van der Waals surface area contributed by atoms with Crippen LogP contribution >= 0.6 is 0 Å². The van der Waals surface area contributed by atoms with Crippen LogP contribution in [-0.2, 0) is 26.0 Å². The molecule has 8 heteroatoms. The molecule has 0 bridgehead atoms. The zero-order valence-corrected chi connectivity index (χ0v) is 19.1. The van der Waals surface area contributed by atoms with Crippen LogP contribution in [0.4, 0.5) is 5.69 Å². The van der Waals surface area contributed by atoms with E-state index in [9.17, 15) is 18.0 Å². The second-order valence-electron chi connectivity index (χ2n) is 7.83. The Bertz CT molecular complexity index is 1020. The summed E-state index contributed by atoms with van der Waals surface area (Å²) < 4.78 is 31.9. The lowest BCUT2D eigenvalue weighted by Crippen LogP contribution is -2.42. The number of ether oxygens (including phenoxy) is 1. The predicted molar refractivity (Wildman–Crippen MR) is 124 cm³/mol. The normalized spacial score (nSPS) is 15.3. The van der Waals surface area contributed by atoms with Crippen molar-refractivity contribution in [2.45, 2.75) is 32.6 Å². The van der Waals surface area contributed by atoms with Crippen molar-refractivity contribution in [3.63, 3.8) is 0 Å². The molecule has 0 spiro atoms. The van der Waals surface area contributed by atoms with Crippen molar-refractivity contribution in [2.24, 2.45) is 5.92 Å². The number of benzene rings is 2. The second-order valence-corrected chi connectivity index (χ2v) is 9.92. The van der Waals surface area contributed by atoms with Gasteiger partial charge in [-0.05, 0) is 50.3 Å². The number of esters is 1. The van der Waals surface area contributed by atoms with Gasteiger partial charge >= 0.3 is 5.97 Å². The van der Waals surface area contributed by atoms with Gasteiger partial charge in [0.25, 0.3) is 0 Å². The van der Waals surface area contributed by atoms with Gasteiger partial charge in [-0.15, -0.1) is 0 Å². The highest BCUT2D eigenvalue weighted by molar-refractivity contribution is 7.89. The average Bonchev–Trinajstić information content (AvgIpc) is 2.80. The highest BCUT2D eigenvalue weighted by Crippen LogP contribution is 2.24. The van der Waals surface area contributed by atoms with Gasteiger partial charge in [-0.1, -0.05) is 42.5 Å². The van der Waals surface area contributed by atoms with Gasteiger partial charge in [0.1, 0.15) is 0 Å². The van der Waals surface area contributed by atoms with E-state index in [-0.39, 0.29) is 24.2 Å². The maximum absolute atomic E-state index is 12.8. The molecule has 0 aromatic heterocycles. The number of carbonyl (C=O) groups excluding carboxylic acids is 2. The molecule has 0 unspecified atom stereocenters. The highest BCUT2D eigenvalue weighted by Gasteiger charge is 2.31. The second kappa shape index (κ2) is 11.2. The number of para-hydroxylation sites is 1. The Kier molecular flexibility index (Phi) is 8.41. The van der Waals surface area contributed by atoms with E-state index in [1.54, 1.807) is 31.2 Å². The van der Waals surface area contributed by atoms with Gasteiger partial charge in [0.05, 0.1) is 23.6 Å². The third-order valence-electron chi connectivity index (χ3n) is 5.61. The SMILES string of the molecule is CCOC(=O)c1ccccc1NC(=O)C1CCN(S(=O)(=O)CCCc2ccccc2)CC1. The Morgan fingerprint density at radius 1 is 1.03 bits per heavy atom. The van der Waals surface area contributed by atoms with Crippen LogP contribution < -0.4 is 5.32 Å². The van der Waals surface area contributed by atoms with E-state index in [0.29, 0.717) is 43.6 Å². The number of aryl methyl sites for hydroxylation is 1. The Morgan fingerprint density at radius 2 is 1.69 bits per heavy atom. The van der Waals surface area contributed by atoms with Crippen LogP contribution in [0.1, 0.15) is 42.1 Å². The number of piperidine rings is 1. The van der Waals surface area contributed by atoms with Crippen LogP contribution in [0.2, 0.25) is 0 Å². The van der Waals surface area contributed by atoms with Gasteiger partial charge in [-0.3, -0.25) is 4.79 Å². The number of rotatable bonds is 9. The third kappa shape index (κ3) is 6.40. The first-order valence-corrected chi connectivity index (χ1v) is 12.6. The number of nitrogens with one attached hydrogen (secondary N) is 1. The maximum atomic E-state index is 12.8. The van der Waals surface area contributed by atoms with Crippen molar-refractivity contribution in [2.75, 3.05) is 30.8 Å². The highest BCUT2D eigenvalue weighted by atomic mass is 32.2. The van der Waals surface area contributed by atoms with Crippen LogP contribution in [-0.4, -0.2) is 50.0 Å². The lowest BCUT2D eigenvalue weighted by atomic mass is 9.97. The quantitative estimate of drug-likeness (QED) is 0.581. The van der Waals surface area contributed by atoms with E-state index in [1.165, 1.54) is 4.31 Å². The van der Waals surface area contributed by atoms with Gasteiger partial charge in [-0.25, -0.2) is 17.5 Å². The van der Waals surface area contributed by atoms with Crippen LogP contribution in [0.15, 0.2) is 54.6 Å². The molecule has 1 saturated heterocycles. The molecule has 1 N–H and O–H groups in total. The summed E-state index contributed by atoms with van der Waals surface area (Å²) in [4.78, 5) is 24.9. The van der Waals surface area contributed by atoms with Crippen LogP contribution in [0.5, 0.6) is 0 Å². The smallest absolute Gasteiger partial charge is 0.340 e. The molecule has 0 atom stereocenters. The lowest BCUT2D eigenvalue weighted by molar-refractivity contribution is -0.120. The largest absolute Gasteiger partial charge is 0.462 e. The van der Waals surface area contributed by atoms with Crippen molar-refractivity contribution in [3.05, 3.63) is 65.7 Å². The van der Waals surface area contributed by atoms with Crippen molar-refractivity contribution in [3.8, 4) is 0 Å². The Morgan fingerprint density at radius 3 is 2.38 bits per heavy atom. The average molecular weight is 459 g/mol. The summed E-state index contributed by atoms with van der Waals surface area (Å²) in [5.74, 6) is -0.894. The number of hydrogen-bond acceptors (Lipinski definition) is 5. The summed E-state index contributed by atoms with van der Waals surface area (Å²) in [6.07, 6.45) is 2.19.